The summed E-state index contributed by atoms with van der Waals surface area (Å²) in [5.74, 6) is 0.508. The summed E-state index contributed by atoms with van der Waals surface area (Å²) in [6.45, 7) is 1.76. The van der Waals surface area contributed by atoms with Gasteiger partial charge in [-0.1, -0.05) is 23.7 Å². The molecule has 2 aromatic rings. The maximum absolute atomic E-state index is 12.3. The number of nitrogens with zero attached hydrogens (tertiary/aromatic N) is 2. The van der Waals surface area contributed by atoms with Crippen molar-refractivity contribution in [3.8, 4) is 5.75 Å². The number of piperidine rings is 1. The largest absolute Gasteiger partial charge is 0.484 e. The van der Waals surface area contributed by atoms with Gasteiger partial charge in [0.2, 0.25) is 10.0 Å². The summed E-state index contributed by atoms with van der Waals surface area (Å²) in [6.07, 6.45) is 4.41. The zero-order valence-electron chi connectivity index (χ0n) is 16.4. The number of sulfonamides is 1. The van der Waals surface area contributed by atoms with Gasteiger partial charge in [-0.25, -0.2) is 8.42 Å². The number of hydrogen-bond acceptors (Lipinski definition) is 4. The normalized spacial score (nSPS) is 14.5. The second-order valence-corrected chi connectivity index (χ2v) is 9.46. The van der Waals surface area contributed by atoms with Crippen molar-refractivity contribution in [3.05, 3.63) is 59.1 Å². The fourth-order valence-corrected chi connectivity index (χ4v) is 4.26. The molecule has 0 unspecified atom stereocenters. The first kappa shape index (κ1) is 21.5. The van der Waals surface area contributed by atoms with Crippen molar-refractivity contribution in [2.24, 2.45) is 0 Å². The van der Waals surface area contributed by atoms with Crippen molar-refractivity contribution in [2.75, 3.05) is 30.3 Å². The highest BCUT2D eigenvalue weighted by atomic mass is 35.5. The Morgan fingerprint density at radius 1 is 1.03 bits per heavy atom. The molecule has 1 fully saturated rings. The molecule has 29 heavy (non-hydrogen) atoms. The summed E-state index contributed by atoms with van der Waals surface area (Å²) in [7, 11) is -3.48. The number of carbonyl (C=O) groups is 1. The zero-order valence-corrected chi connectivity index (χ0v) is 18.0. The molecule has 8 heteroatoms. The molecule has 0 atom stereocenters. The minimum absolute atomic E-state index is 0.0140. The SMILES string of the molecule is CS(=O)(=O)N(Cc1ccc(Cl)cc1)c1ccc(OCC(=O)N2CCCCC2)cc1. The smallest absolute Gasteiger partial charge is 0.260 e. The molecular weight excluding hydrogens is 412 g/mol. The molecular formula is C21H25ClN2O4S. The van der Waals surface area contributed by atoms with Gasteiger partial charge in [-0.05, 0) is 61.2 Å². The van der Waals surface area contributed by atoms with Gasteiger partial charge in [0.1, 0.15) is 5.75 Å². The molecule has 1 amide bonds. The standard InChI is InChI=1S/C21H25ClN2O4S/c1-29(26,27)24(15-17-5-7-18(22)8-6-17)19-9-11-20(12-10-19)28-16-21(25)23-13-3-2-4-14-23/h5-12H,2-4,13-16H2,1H3. The molecule has 0 spiro atoms. The molecule has 6 nitrogen and oxygen atoms in total. The van der Waals surface area contributed by atoms with Crippen molar-refractivity contribution in [1.82, 2.24) is 4.90 Å². The first-order valence-electron chi connectivity index (χ1n) is 9.56. The van der Waals surface area contributed by atoms with Crippen LogP contribution in [0, 0.1) is 0 Å². The topological polar surface area (TPSA) is 66.9 Å². The molecule has 156 valence electrons. The molecule has 0 aromatic heterocycles. The Labute approximate surface area is 177 Å². The van der Waals surface area contributed by atoms with Crippen LogP contribution in [0.15, 0.2) is 48.5 Å². The van der Waals surface area contributed by atoms with Crippen molar-refractivity contribution < 1.29 is 17.9 Å². The molecule has 0 saturated carbocycles. The molecule has 1 aliphatic heterocycles. The monoisotopic (exact) mass is 436 g/mol. The molecule has 1 aliphatic rings. The average molecular weight is 437 g/mol. The Morgan fingerprint density at radius 2 is 1.66 bits per heavy atom. The first-order chi connectivity index (χ1) is 13.8. The van der Waals surface area contributed by atoms with Gasteiger partial charge < -0.3 is 9.64 Å². The van der Waals surface area contributed by atoms with E-state index in [0.717, 1.165) is 31.5 Å². The summed E-state index contributed by atoms with van der Waals surface area (Å²) in [4.78, 5) is 14.0. The highest BCUT2D eigenvalue weighted by molar-refractivity contribution is 7.92. The van der Waals surface area contributed by atoms with Crippen molar-refractivity contribution >= 4 is 33.2 Å². The van der Waals surface area contributed by atoms with Crippen LogP contribution in [-0.2, 0) is 21.4 Å². The molecule has 0 bridgehead atoms. The summed E-state index contributed by atoms with van der Waals surface area (Å²) >= 11 is 5.90. The Morgan fingerprint density at radius 3 is 2.24 bits per heavy atom. The fraction of sp³-hybridized carbons (Fsp3) is 0.381. The Balaban J connectivity index is 1.65. The quantitative estimate of drug-likeness (QED) is 0.663. The van der Waals surface area contributed by atoms with Crippen molar-refractivity contribution in [2.45, 2.75) is 25.8 Å². The van der Waals surface area contributed by atoms with E-state index in [-0.39, 0.29) is 19.1 Å². The van der Waals surface area contributed by atoms with Crippen LogP contribution in [0.3, 0.4) is 0 Å². The van der Waals surface area contributed by atoms with Gasteiger partial charge >= 0.3 is 0 Å². The lowest BCUT2D eigenvalue weighted by Crippen LogP contribution is -2.38. The van der Waals surface area contributed by atoms with Gasteiger partial charge in [-0.15, -0.1) is 0 Å². The van der Waals surface area contributed by atoms with E-state index in [0.29, 0.717) is 16.5 Å². The molecule has 1 heterocycles. The number of hydrogen-bond donors (Lipinski definition) is 0. The van der Waals surface area contributed by atoms with Crippen LogP contribution < -0.4 is 9.04 Å². The number of likely N-dealkylation sites (tertiary alicyclic amines) is 1. The van der Waals surface area contributed by atoms with Crippen LogP contribution in [0.2, 0.25) is 5.02 Å². The predicted molar refractivity (Wildman–Crippen MR) is 115 cm³/mol. The highest BCUT2D eigenvalue weighted by Gasteiger charge is 2.19. The highest BCUT2D eigenvalue weighted by Crippen LogP contribution is 2.24. The molecule has 0 radical (unpaired) electrons. The van der Waals surface area contributed by atoms with E-state index in [2.05, 4.69) is 0 Å². The minimum atomic E-state index is -3.48. The van der Waals surface area contributed by atoms with E-state index in [4.69, 9.17) is 16.3 Å². The second kappa shape index (κ2) is 9.50. The van der Waals surface area contributed by atoms with Crippen LogP contribution in [-0.4, -0.2) is 45.2 Å². The Hall–Kier alpha value is -2.25. The van der Waals surface area contributed by atoms with Crippen LogP contribution in [0.25, 0.3) is 0 Å². The maximum atomic E-state index is 12.3. The van der Waals surface area contributed by atoms with Gasteiger partial charge in [0.25, 0.3) is 5.91 Å². The number of carbonyl (C=O) groups excluding carboxylic acids is 1. The van der Waals surface area contributed by atoms with Gasteiger partial charge in [0.15, 0.2) is 6.61 Å². The molecule has 0 N–H and O–H groups in total. The third-order valence-electron chi connectivity index (χ3n) is 4.84. The third kappa shape index (κ3) is 6.11. The van der Waals surface area contributed by atoms with Gasteiger partial charge in [-0.2, -0.15) is 0 Å². The summed E-state index contributed by atoms with van der Waals surface area (Å²) < 4.78 is 31.5. The lowest BCUT2D eigenvalue weighted by molar-refractivity contribution is -0.134. The van der Waals surface area contributed by atoms with E-state index in [1.54, 1.807) is 48.5 Å². The summed E-state index contributed by atoms with van der Waals surface area (Å²) in [6, 6.07) is 13.8. The van der Waals surface area contributed by atoms with Gasteiger partial charge in [0, 0.05) is 18.1 Å². The second-order valence-electron chi connectivity index (χ2n) is 7.12. The van der Waals surface area contributed by atoms with Crippen molar-refractivity contribution in [3.63, 3.8) is 0 Å². The van der Waals surface area contributed by atoms with E-state index in [1.807, 2.05) is 4.90 Å². The van der Waals surface area contributed by atoms with E-state index in [1.165, 1.54) is 17.0 Å². The molecule has 0 aliphatic carbocycles. The van der Waals surface area contributed by atoms with Gasteiger partial charge in [-0.3, -0.25) is 9.10 Å². The maximum Gasteiger partial charge on any atom is 0.260 e. The number of halogens is 1. The van der Waals surface area contributed by atoms with Crippen molar-refractivity contribution in [1.29, 1.82) is 0 Å². The van der Waals surface area contributed by atoms with Crippen LogP contribution in [0.5, 0.6) is 5.75 Å². The number of ether oxygens (including phenoxy) is 1. The number of anilines is 1. The summed E-state index contributed by atoms with van der Waals surface area (Å²) in [5.41, 5.74) is 1.35. The Bertz CT molecular complexity index is 924. The number of rotatable bonds is 7. The van der Waals surface area contributed by atoms with E-state index < -0.39 is 10.0 Å². The first-order valence-corrected chi connectivity index (χ1v) is 11.8. The fourth-order valence-electron chi connectivity index (χ4n) is 3.24. The summed E-state index contributed by atoms with van der Waals surface area (Å²) in [5, 5.41) is 0.597. The van der Waals surface area contributed by atoms with Gasteiger partial charge in [0.05, 0.1) is 18.5 Å². The predicted octanol–water partition coefficient (Wildman–Crippen LogP) is 3.70. The molecule has 1 saturated heterocycles. The van der Waals surface area contributed by atoms with Crippen LogP contribution >= 0.6 is 11.6 Å². The minimum Gasteiger partial charge on any atom is -0.484 e. The average Bonchev–Trinajstić information content (AvgIpc) is 2.72. The lowest BCUT2D eigenvalue weighted by atomic mass is 10.1. The number of amides is 1. The zero-order chi connectivity index (χ0) is 20.9. The van der Waals surface area contributed by atoms with Crippen LogP contribution in [0.1, 0.15) is 24.8 Å². The van der Waals surface area contributed by atoms with E-state index >= 15 is 0 Å². The van der Waals surface area contributed by atoms with Crippen LogP contribution in [0.4, 0.5) is 5.69 Å². The molecule has 2 aromatic carbocycles. The number of benzene rings is 2. The lowest BCUT2D eigenvalue weighted by Gasteiger charge is -2.26. The Kier molecular flexibility index (Phi) is 7.03. The third-order valence-corrected chi connectivity index (χ3v) is 6.23. The van der Waals surface area contributed by atoms with E-state index in [9.17, 15) is 13.2 Å². The molecule has 3 rings (SSSR count).